The summed E-state index contributed by atoms with van der Waals surface area (Å²) in [5.41, 5.74) is 3.56. The van der Waals surface area contributed by atoms with Crippen molar-refractivity contribution in [3.8, 4) is 0 Å². The molecule has 0 aliphatic carbocycles. The van der Waals surface area contributed by atoms with Crippen LogP contribution in [-0.4, -0.2) is 35.6 Å². The van der Waals surface area contributed by atoms with Gasteiger partial charge in [-0.05, 0) is 30.7 Å². The first-order valence-electron chi connectivity index (χ1n) is 6.83. The van der Waals surface area contributed by atoms with Crippen LogP contribution in [0.3, 0.4) is 0 Å². The first-order valence-corrected chi connectivity index (χ1v) is 6.83. The maximum absolute atomic E-state index is 13.4. The van der Waals surface area contributed by atoms with Crippen LogP contribution in [0.2, 0.25) is 0 Å². The third-order valence-electron chi connectivity index (χ3n) is 4.18. The molecular weight excluding hydrogens is 241 g/mol. The molecule has 1 fully saturated rings. The number of rotatable bonds is 2. The molecule has 0 radical (unpaired) electrons. The summed E-state index contributed by atoms with van der Waals surface area (Å²) in [6.07, 6.45) is 0. The van der Waals surface area contributed by atoms with Gasteiger partial charge in [-0.15, -0.1) is 0 Å². The zero-order valence-electron chi connectivity index (χ0n) is 11.5. The summed E-state index contributed by atoms with van der Waals surface area (Å²) >= 11 is 0. The van der Waals surface area contributed by atoms with E-state index in [1.165, 1.54) is 16.6 Å². The van der Waals surface area contributed by atoms with Crippen molar-refractivity contribution in [2.45, 2.75) is 13.5 Å². The van der Waals surface area contributed by atoms with Crippen LogP contribution in [0.15, 0.2) is 18.2 Å². The summed E-state index contributed by atoms with van der Waals surface area (Å²) in [6, 6.07) is 5.10. The van der Waals surface area contributed by atoms with Crippen LogP contribution in [0.5, 0.6) is 0 Å². The lowest BCUT2D eigenvalue weighted by atomic mass is 10.1. The van der Waals surface area contributed by atoms with Crippen LogP contribution in [0, 0.1) is 12.7 Å². The summed E-state index contributed by atoms with van der Waals surface area (Å²) in [7, 11) is 2.01. The Balaban J connectivity index is 2.00. The van der Waals surface area contributed by atoms with Gasteiger partial charge in [-0.25, -0.2) is 4.39 Å². The maximum atomic E-state index is 13.4. The number of hydrogen-bond donors (Lipinski definition) is 1. The Hall–Kier alpha value is -1.39. The number of halogens is 1. The topological polar surface area (TPSA) is 20.2 Å². The second-order valence-electron chi connectivity index (χ2n) is 5.31. The molecule has 19 heavy (non-hydrogen) atoms. The molecule has 0 saturated carbocycles. The molecule has 1 saturated heterocycles. The van der Waals surface area contributed by atoms with Crippen LogP contribution in [-0.2, 0) is 13.6 Å². The highest BCUT2D eigenvalue weighted by atomic mass is 19.1. The maximum Gasteiger partial charge on any atom is 0.125 e. The van der Waals surface area contributed by atoms with Crippen molar-refractivity contribution >= 4 is 10.9 Å². The van der Waals surface area contributed by atoms with Gasteiger partial charge >= 0.3 is 0 Å². The minimum atomic E-state index is -0.165. The van der Waals surface area contributed by atoms with Gasteiger partial charge in [0.2, 0.25) is 0 Å². The standard InChI is InChI=1S/C15H20FN3/c1-11-14(10-19-7-5-17-6-8-19)13-4-3-12(16)9-15(13)18(11)2/h3-4,9,17H,5-8,10H2,1-2H3. The second kappa shape index (κ2) is 4.94. The number of nitrogens with zero attached hydrogens (tertiary/aromatic N) is 2. The summed E-state index contributed by atoms with van der Waals surface area (Å²) in [5.74, 6) is -0.165. The van der Waals surface area contributed by atoms with Crippen molar-refractivity contribution in [1.82, 2.24) is 14.8 Å². The van der Waals surface area contributed by atoms with E-state index in [1.54, 1.807) is 12.1 Å². The molecular formula is C15H20FN3. The molecule has 2 aromatic rings. The molecule has 0 spiro atoms. The number of nitrogens with one attached hydrogen (secondary N) is 1. The molecule has 1 aliphatic rings. The van der Waals surface area contributed by atoms with E-state index in [2.05, 4.69) is 21.7 Å². The third kappa shape index (κ3) is 2.26. The predicted octanol–water partition coefficient (Wildman–Crippen LogP) is 2.03. The highest BCUT2D eigenvalue weighted by molar-refractivity contribution is 5.85. The number of hydrogen-bond acceptors (Lipinski definition) is 2. The number of piperazine rings is 1. The second-order valence-corrected chi connectivity index (χ2v) is 5.31. The first-order chi connectivity index (χ1) is 9.16. The number of aromatic nitrogens is 1. The molecule has 1 N–H and O–H groups in total. The van der Waals surface area contributed by atoms with E-state index in [1.807, 2.05) is 13.1 Å². The van der Waals surface area contributed by atoms with E-state index in [9.17, 15) is 4.39 Å². The molecule has 0 unspecified atom stereocenters. The van der Waals surface area contributed by atoms with Crippen LogP contribution < -0.4 is 5.32 Å². The molecule has 0 atom stereocenters. The smallest absolute Gasteiger partial charge is 0.125 e. The molecule has 0 amide bonds. The van der Waals surface area contributed by atoms with E-state index < -0.39 is 0 Å². The lowest BCUT2D eigenvalue weighted by Crippen LogP contribution is -2.42. The molecule has 102 valence electrons. The summed E-state index contributed by atoms with van der Waals surface area (Å²) in [6.45, 7) is 7.34. The molecule has 1 aromatic heterocycles. The Labute approximate surface area is 113 Å². The van der Waals surface area contributed by atoms with Gasteiger partial charge in [0.15, 0.2) is 0 Å². The van der Waals surface area contributed by atoms with Gasteiger partial charge in [0.05, 0.1) is 5.52 Å². The van der Waals surface area contributed by atoms with Crippen molar-refractivity contribution in [2.75, 3.05) is 26.2 Å². The summed E-state index contributed by atoms with van der Waals surface area (Å²) in [4.78, 5) is 2.46. The highest BCUT2D eigenvalue weighted by Gasteiger charge is 2.16. The van der Waals surface area contributed by atoms with Gasteiger partial charge in [-0.2, -0.15) is 0 Å². The zero-order valence-corrected chi connectivity index (χ0v) is 11.5. The SMILES string of the molecule is Cc1c(CN2CCNCC2)c2ccc(F)cc2n1C. The van der Waals surface area contributed by atoms with Gasteiger partial charge in [0, 0.05) is 50.9 Å². The van der Waals surface area contributed by atoms with Crippen LogP contribution >= 0.6 is 0 Å². The van der Waals surface area contributed by atoms with Crippen LogP contribution in [0.4, 0.5) is 4.39 Å². The number of aryl methyl sites for hydroxylation is 1. The molecule has 4 heteroatoms. The zero-order chi connectivity index (χ0) is 13.4. The van der Waals surface area contributed by atoms with Gasteiger partial charge in [0.1, 0.15) is 5.82 Å². The Kier molecular flexibility index (Phi) is 3.29. The predicted molar refractivity (Wildman–Crippen MR) is 75.8 cm³/mol. The Morgan fingerprint density at radius 3 is 2.74 bits per heavy atom. The Morgan fingerprint density at radius 2 is 2.00 bits per heavy atom. The van der Waals surface area contributed by atoms with E-state index in [0.717, 1.165) is 38.2 Å². The van der Waals surface area contributed by atoms with Gasteiger partial charge in [-0.1, -0.05) is 0 Å². The molecule has 1 aromatic carbocycles. The third-order valence-corrected chi connectivity index (χ3v) is 4.18. The van der Waals surface area contributed by atoms with Crippen LogP contribution in [0.1, 0.15) is 11.3 Å². The highest BCUT2D eigenvalue weighted by Crippen LogP contribution is 2.26. The molecule has 3 nitrogen and oxygen atoms in total. The Morgan fingerprint density at radius 1 is 1.26 bits per heavy atom. The van der Waals surface area contributed by atoms with Gasteiger partial charge < -0.3 is 9.88 Å². The van der Waals surface area contributed by atoms with E-state index in [-0.39, 0.29) is 5.82 Å². The summed E-state index contributed by atoms with van der Waals surface area (Å²) in [5, 5.41) is 4.55. The first kappa shape index (κ1) is 12.6. The van der Waals surface area contributed by atoms with Gasteiger partial charge in [0.25, 0.3) is 0 Å². The normalized spacial score (nSPS) is 17.2. The van der Waals surface area contributed by atoms with Crippen molar-refractivity contribution in [1.29, 1.82) is 0 Å². The quantitative estimate of drug-likeness (QED) is 0.892. The van der Waals surface area contributed by atoms with Crippen LogP contribution in [0.25, 0.3) is 10.9 Å². The van der Waals surface area contributed by atoms with Crippen molar-refractivity contribution < 1.29 is 4.39 Å². The van der Waals surface area contributed by atoms with E-state index >= 15 is 0 Å². The fourth-order valence-electron chi connectivity index (χ4n) is 2.91. The Bertz CT molecular complexity index is 597. The number of fused-ring (bicyclic) bond motifs is 1. The monoisotopic (exact) mass is 261 g/mol. The van der Waals surface area contributed by atoms with Crippen molar-refractivity contribution in [3.05, 3.63) is 35.3 Å². The average molecular weight is 261 g/mol. The largest absolute Gasteiger partial charge is 0.348 e. The fraction of sp³-hybridized carbons (Fsp3) is 0.467. The molecule has 2 heterocycles. The lowest BCUT2D eigenvalue weighted by Gasteiger charge is -2.27. The van der Waals surface area contributed by atoms with Crippen molar-refractivity contribution in [3.63, 3.8) is 0 Å². The van der Waals surface area contributed by atoms with E-state index in [0.29, 0.717) is 0 Å². The molecule has 3 rings (SSSR count). The molecule has 1 aliphatic heterocycles. The number of benzene rings is 1. The van der Waals surface area contributed by atoms with Gasteiger partial charge in [-0.3, -0.25) is 4.90 Å². The molecule has 0 bridgehead atoms. The fourth-order valence-corrected chi connectivity index (χ4v) is 2.91. The lowest BCUT2D eigenvalue weighted by molar-refractivity contribution is 0.233. The summed E-state index contributed by atoms with van der Waals surface area (Å²) < 4.78 is 15.5. The van der Waals surface area contributed by atoms with E-state index in [4.69, 9.17) is 0 Å². The minimum Gasteiger partial charge on any atom is -0.348 e. The van der Waals surface area contributed by atoms with Crippen molar-refractivity contribution in [2.24, 2.45) is 7.05 Å². The minimum absolute atomic E-state index is 0.165. The average Bonchev–Trinajstić information content (AvgIpc) is 2.65.